The molecular formula is C23H26FN3O2S2. The Morgan fingerprint density at radius 3 is 2.74 bits per heavy atom. The number of halogens is 1. The molecule has 0 atom stereocenters. The highest BCUT2D eigenvalue weighted by Crippen LogP contribution is 2.31. The lowest BCUT2D eigenvalue weighted by molar-refractivity contribution is -0.116. The van der Waals surface area contributed by atoms with Gasteiger partial charge in [0.2, 0.25) is 5.91 Å². The lowest BCUT2D eigenvalue weighted by Gasteiger charge is -2.27. The van der Waals surface area contributed by atoms with Crippen molar-refractivity contribution in [1.29, 1.82) is 0 Å². The number of amides is 1. The van der Waals surface area contributed by atoms with Crippen LogP contribution in [0.4, 0.5) is 9.52 Å². The average Bonchev–Trinajstić information content (AvgIpc) is 3.22. The van der Waals surface area contributed by atoms with Gasteiger partial charge in [0.25, 0.3) is 0 Å². The average molecular weight is 460 g/mol. The standard InChI is InChI=1S/C23H26FN3O2S2/c1-17-6-8-18(9-7-17)30-16-21(28)27(11-3-10-26-12-14-29-15-13-26)23-25-22-19(24)4-2-5-20(22)31-23/h2,4-9H,3,10-16H2,1H3. The van der Waals surface area contributed by atoms with Crippen molar-refractivity contribution in [3.8, 4) is 0 Å². The number of carbonyl (C=O) groups is 1. The Labute approximate surface area is 190 Å². The van der Waals surface area contributed by atoms with E-state index in [4.69, 9.17) is 4.74 Å². The molecule has 5 nitrogen and oxygen atoms in total. The predicted octanol–water partition coefficient (Wildman–Crippen LogP) is 4.59. The molecule has 3 aromatic rings. The molecule has 1 aliphatic heterocycles. The van der Waals surface area contributed by atoms with Crippen molar-refractivity contribution >= 4 is 44.4 Å². The van der Waals surface area contributed by atoms with Gasteiger partial charge in [0.05, 0.1) is 23.7 Å². The summed E-state index contributed by atoms with van der Waals surface area (Å²) in [6, 6.07) is 13.1. The van der Waals surface area contributed by atoms with Crippen LogP contribution in [-0.4, -0.2) is 60.9 Å². The first-order valence-corrected chi connectivity index (χ1v) is 12.3. The maximum atomic E-state index is 14.2. The second-order valence-corrected chi connectivity index (χ2v) is 9.60. The second-order valence-electron chi connectivity index (χ2n) is 7.54. The first-order chi connectivity index (χ1) is 15.1. The van der Waals surface area contributed by atoms with Crippen LogP contribution in [0.1, 0.15) is 12.0 Å². The summed E-state index contributed by atoms with van der Waals surface area (Å²) in [5, 5.41) is 0.566. The molecule has 0 saturated carbocycles. The summed E-state index contributed by atoms with van der Waals surface area (Å²) in [6.45, 7) is 6.86. The Bertz CT molecular complexity index is 1020. The van der Waals surface area contributed by atoms with E-state index >= 15 is 0 Å². The quantitative estimate of drug-likeness (QED) is 0.461. The zero-order chi connectivity index (χ0) is 21.6. The molecule has 0 unspecified atom stereocenters. The van der Waals surface area contributed by atoms with Gasteiger partial charge >= 0.3 is 0 Å². The summed E-state index contributed by atoms with van der Waals surface area (Å²) in [4.78, 5) is 22.8. The van der Waals surface area contributed by atoms with Crippen molar-refractivity contribution in [2.45, 2.75) is 18.2 Å². The summed E-state index contributed by atoms with van der Waals surface area (Å²) >= 11 is 2.89. The van der Waals surface area contributed by atoms with Crippen LogP contribution in [0.5, 0.6) is 0 Å². The number of carbonyl (C=O) groups excluding carboxylic acids is 1. The number of aryl methyl sites for hydroxylation is 1. The Morgan fingerprint density at radius 2 is 2.00 bits per heavy atom. The Balaban J connectivity index is 1.47. The summed E-state index contributed by atoms with van der Waals surface area (Å²) in [5.74, 6) is -0.0410. The minimum absolute atomic E-state index is 0.00739. The summed E-state index contributed by atoms with van der Waals surface area (Å²) in [6.07, 6.45) is 0.833. The fourth-order valence-corrected chi connectivity index (χ4v) is 5.28. The van der Waals surface area contributed by atoms with Crippen LogP contribution in [-0.2, 0) is 9.53 Å². The van der Waals surface area contributed by atoms with Gasteiger partial charge in [-0.25, -0.2) is 9.37 Å². The molecule has 164 valence electrons. The van der Waals surface area contributed by atoms with E-state index in [0.29, 0.717) is 22.9 Å². The van der Waals surface area contributed by atoms with E-state index in [9.17, 15) is 9.18 Å². The maximum Gasteiger partial charge on any atom is 0.239 e. The molecule has 0 N–H and O–H groups in total. The minimum atomic E-state index is -0.352. The number of fused-ring (bicyclic) bond motifs is 1. The summed E-state index contributed by atoms with van der Waals surface area (Å²) in [5.41, 5.74) is 1.52. The molecule has 1 aliphatic rings. The highest BCUT2D eigenvalue weighted by molar-refractivity contribution is 8.00. The SMILES string of the molecule is Cc1ccc(SCC(=O)N(CCCN2CCOCC2)c2nc3c(F)cccc3s2)cc1. The van der Waals surface area contributed by atoms with Crippen molar-refractivity contribution in [3.05, 3.63) is 53.8 Å². The van der Waals surface area contributed by atoms with Gasteiger partial charge in [-0.15, -0.1) is 11.8 Å². The van der Waals surface area contributed by atoms with Crippen molar-refractivity contribution in [3.63, 3.8) is 0 Å². The molecule has 4 rings (SSSR count). The van der Waals surface area contributed by atoms with Crippen LogP contribution in [0.25, 0.3) is 10.2 Å². The van der Waals surface area contributed by atoms with Crippen LogP contribution >= 0.6 is 23.1 Å². The predicted molar refractivity (Wildman–Crippen MR) is 126 cm³/mol. The third-order valence-corrected chi connectivity index (χ3v) is 7.27. The summed E-state index contributed by atoms with van der Waals surface area (Å²) in [7, 11) is 0. The lowest BCUT2D eigenvalue weighted by atomic mass is 10.2. The van der Waals surface area contributed by atoms with Gasteiger partial charge < -0.3 is 4.74 Å². The maximum absolute atomic E-state index is 14.2. The summed E-state index contributed by atoms with van der Waals surface area (Å²) < 4.78 is 20.3. The van der Waals surface area contributed by atoms with Crippen molar-refractivity contribution < 1.29 is 13.9 Å². The van der Waals surface area contributed by atoms with E-state index in [1.165, 1.54) is 34.7 Å². The molecule has 1 aromatic heterocycles. The molecule has 0 aliphatic carbocycles. The molecule has 31 heavy (non-hydrogen) atoms. The number of para-hydroxylation sites is 1. The van der Waals surface area contributed by atoms with Gasteiger partial charge in [0.15, 0.2) is 5.13 Å². The van der Waals surface area contributed by atoms with Gasteiger partial charge in [-0.1, -0.05) is 35.1 Å². The molecule has 0 spiro atoms. The van der Waals surface area contributed by atoms with Crippen LogP contribution in [0.15, 0.2) is 47.4 Å². The highest BCUT2D eigenvalue weighted by Gasteiger charge is 2.21. The highest BCUT2D eigenvalue weighted by atomic mass is 32.2. The minimum Gasteiger partial charge on any atom is -0.379 e. The molecule has 1 saturated heterocycles. The first-order valence-electron chi connectivity index (χ1n) is 10.4. The molecule has 2 aromatic carbocycles. The number of ether oxygens (including phenoxy) is 1. The number of benzene rings is 2. The van der Waals surface area contributed by atoms with Gasteiger partial charge in [-0.05, 0) is 37.6 Å². The number of nitrogens with zero attached hydrogens (tertiary/aromatic N) is 3. The molecule has 0 radical (unpaired) electrons. The first kappa shape index (κ1) is 22.2. The molecule has 2 heterocycles. The monoisotopic (exact) mass is 459 g/mol. The molecule has 8 heteroatoms. The Morgan fingerprint density at radius 1 is 1.23 bits per heavy atom. The topological polar surface area (TPSA) is 45.7 Å². The number of hydrogen-bond acceptors (Lipinski definition) is 6. The van der Waals surface area contributed by atoms with E-state index in [-0.39, 0.29) is 11.7 Å². The number of hydrogen-bond donors (Lipinski definition) is 0. The number of thiazole rings is 1. The zero-order valence-electron chi connectivity index (χ0n) is 17.6. The fourth-order valence-electron chi connectivity index (χ4n) is 3.48. The number of thioether (sulfide) groups is 1. The van der Waals surface area contributed by atoms with Gasteiger partial charge in [-0.2, -0.15) is 0 Å². The number of aromatic nitrogens is 1. The van der Waals surface area contributed by atoms with Crippen LogP contribution in [0, 0.1) is 12.7 Å². The molecular weight excluding hydrogens is 433 g/mol. The fraction of sp³-hybridized carbons (Fsp3) is 0.391. The van der Waals surface area contributed by atoms with Crippen molar-refractivity contribution in [1.82, 2.24) is 9.88 Å². The largest absolute Gasteiger partial charge is 0.379 e. The number of morpholine rings is 1. The number of rotatable bonds is 8. The van der Waals surface area contributed by atoms with E-state index in [1.807, 2.05) is 37.3 Å². The lowest BCUT2D eigenvalue weighted by Crippen LogP contribution is -2.39. The molecule has 0 bridgehead atoms. The van der Waals surface area contributed by atoms with Crippen LogP contribution < -0.4 is 4.90 Å². The van der Waals surface area contributed by atoms with E-state index in [1.54, 1.807) is 11.0 Å². The van der Waals surface area contributed by atoms with E-state index in [2.05, 4.69) is 9.88 Å². The van der Waals surface area contributed by atoms with E-state index < -0.39 is 0 Å². The van der Waals surface area contributed by atoms with Crippen LogP contribution in [0.3, 0.4) is 0 Å². The second kappa shape index (κ2) is 10.5. The van der Waals surface area contributed by atoms with Crippen molar-refractivity contribution in [2.24, 2.45) is 0 Å². The van der Waals surface area contributed by atoms with Gasteiger partial charge in [0.1, 0.15) is 11.3 Å². The molecule has 1 amide bonds. The van der Waals surface area contributed by atoms with Crippen molar-refractivity contribution in [2.75, 3.05) is 50.0 Å². The third-order valence-electron chi connectivity index (χ3n) is 5.23. The van der Waals surface area contributed by atoms with Gasteiger partial charge in [-0.3, -0.25) is 14.6 Å². The van der Waals surface area contributed by atoms with Gasteiger partial charge in [0, 0.05) is 31.1 Å². The third kappa shape index (κ3) is 5.83. The Kier molecular flexibility index (Phi) is 7.55. The van der Waals surface area contributed by atoms with Crippen LogP contribution in [0.2, 0.25) is 0 Å². The smallest absolute Gasteiger partial charge is 0.239 e. The molecule has 1 fully saturated rings. The zero-order valence-corrected chi connectivity index (χ0v) is 19.2. The normalized spacial score (nSPS) is 14.8. The van der Waals surface area contributed by atoms with E-state index in [0.717, 1.165) is 48.9 Å². The Hall–Kier alpha value is -2.00. The number of anilines is 1.